The molecule has 2 heterocycles. The van der Waals surface area contributed by atoms with Crippen molar-refractivity contribution in [3.8, 4) is 17.2 Å². The third kappa shape index (κ3) is 5.47. The number of hydrogen-bond donors (Lipinski definition) is 1. The van der Waals surface area contributed by atoms with E-state index in [1.54, 1.807) is 12.1 Å². The highest BCUT2D eigenvalue weighted by Crippen LogP contribution is 2.36. The predicted molar refractivity (Wildman–Crippen MR) is 144 cm³/mol. The number of nitrogens with zero attached hydrogens (tertiary/aromatic N) is 3. The molecule has 0 unspecified atom stereocenters. The summed E-state index contributed by atoms with van der Waals surface area (Å²) in [6.45, 7) is 6.03. The fourth-order valence-corrected chi connectivity index (χ4v) is 6.44. The Bertz CT molecular complexity index is 1420. The van der Waals surface area contributed by atoms with Crippen molar-refractivity contribution in [3.05, 3.63) is 53.9 Å². The van der Waals surface area contributed by atoms with Crippen molar-refractivity contribution in [1.29, 1.82) is 0 Å². The molecule has 1 aliphatic heterocycles. The minimum atomic E-state index is -3.80. The van der Waals surface area contributed by atoms with Gasteiger partial charge < -0.3 is 19.8 Å². The van der Waals surface area contributed by atoms with E-state index in [-0.39, 0.29) is 34.5 Å². The highest BCUT2D eigenvalue weighted by atomic mass is 32.2. The molecule has 5 rings (SSSR count). The first kappa shape index (κ1) is 26.4. The molecule has 9 nitrogen and oxygen atoms in total. The molecule has 10 heteroatoms. The Kier molecular flexibility index (Phi) is 7.04. The van der Waals surface area contributed by atoms with E-state index >= 15 is 0 Å². The Morgan fingerprint density at radius 1 is 1.05 bits per heavy atom. The van der Waals surface area contributed by atoms with Gasteiger partial charge in [-0.2, -0.15) is 0 Å². The number of ether oxygens (including phenoxy) is 1. The first-order chi connectivity index (χ1) is 18.0. The minimum absolute atomic E-state index is 0.0513. The number of carbonyl (C=O) groups is 1. The number of rotatable bonds is 5. The smallest absolute Gasteiger partial charge is 0.247 e. The molecule has 3 aromatic rings. The van der Waals surface area contributed by atoms with E-state index in [1.807, 2.05) is 45.0 Å². The maximum absolute atomic E-state index is 13.4. The molecule has 1 saturated carbocycles. The number of fused-ring (bicyclic) bond motifs is 1. The van der Waals surface area contributed by atoms with Crippen LogP contribution < -0.4 is 15.4 Å². The summed E-state index contributed by atoms with van der Waals surface area (Å²) in [6, 6.07) is 11.1. The van der Waals surface area contributed by atoms with E-state index in [4.69, 9.17) is 14.9 Å². The molecule has 1 amide bonds. The fourth-order valence-electron chi connectivity index (χ4n) is 4.88. The third-order valence-electron chi connectivity index (χ3n) is 7.00. The Hall–Kier alpha value is -3.24. The maximum atomic E-state index is 13.4. The zero-order valence-corrected chi connectivity index (χ0v) is 22.8. The first-order valence-corrected chi connectivity index (χ1v) is 14.7. The van der Waals surface area contributed by atoms with Crippen molar-refractivity contribution in [3.63, 3.8) is 0 Å². The molecule has 2 aliphatic rings. The molecule has 0 bridgehead atoms. The maximum Gasteiger partial charge on any atom is 0.247 e. The fraction of sp³-hybridized carbons (Fsp3) is 0.464. The van der Waals surface area contributed by atoms with Crippen LogP contribution in [0.2, 0.25) is 0 Å². The number of carbonyl (C=O) groups excluding carboxylic acids is 1. The number of amides is 1. The van der Waals surface area contributed by atoms with Gasteiger partial charge in [0.25, 0.3) is 0 Å². The zero-order valence-electron chi connectivity index (χ0n) is 22.0. The number of sulfone groups is 1. The van der Waals surface area contributed by atoms with Crippen molar-refractivity contribution in [1.82, 2.24) is 10.2 Å². The standard InChI is InChI=1S/C28H34N4O5S/c1-28(2,3)27-31-30-25(37-27)19-11-14-24-23(15-19)32(26(33)22(29)17-38(24,34)35)16-18-9-12-21(13-10-18)36-20-7-5-4-6-8-20/h9-15,20,22H,4-8,16-17,29H2,1-3H3/t22-/m0/s1. The average Bonchev–Trinajstić information content (AvgIpc) is 3.37. The summed E-state index contributed by atoms with van der Waals surface area (Å²) in [5, 5.41) is 8.29. The van der Waals surface area contributed by atoms with E-state index < -0.39 is 27.5 Å². The van der Waals surface area contributed by atoms with Crippen LogP contribution in [0, 0.1) is 0 Å². The molecular formula is C28H34N4O5S. The monoisotopic (exact) mass is 538 g/mol. The van der Waals surface area contributed by atoms with Crippen LogP contribution in [0.3, 0.4) is 0 Å². The summed E-state index contributed by atoms with van der Waals surface area (Å²) >= 11 is 0. The van der Waals surface area contributed by atoms with Crippen molar-refractivity contribution in [2.45, 2.75) is 81.9 Å². The van der Waals surface area contributed by atoms with E-state index in [1.165, 1.54) is 30.2 Å². The number of aromatic nitrogens is 2. The summed E-state index contributed by atoms with van der Waals surface area (Å²) in [5.41, 5.74) is 7.32. The normalized spacial score (nSPS) is 20.2. The first-order valence-electron chi connectivity index (χ1n) is 13.0. The van der Waals surface area contributed by atoms with Gasteiger partial charge in [-0.1, -0.05) is 39.3 Å². The van der Waals surface area contributed by atoms with Crippen molar-refractivity contribution >= 4 is 21.4 Å². The molecule has 202 valence electrons. The molecule has 0 spiro atoms. The van der Waals surface area contributed by atoms with Crippen LogP contribution in [0.15, 0.2) is 51.8 Å². The van der Waals surface area contributed by atoms with Crippen LogP contribution in [0.5, 0.6) is 5.75 Å². The summed E-state index contributed by atoms with van der Waals surface area (Å²) in [6.07, 6.45) is 5.99. The highest BCUT2D eigenvalue weighted by Gasteiger charge is 2.36. The lowest BCUT2D eigenvalue weighted by molar-refractivity contribution is -0.119. The lowest BCUT2D eigenvalue weighted by atomic mass is 9.97. The molecule has 38 heavy (non-hydrogen) atoms. The van der Waals surface area contributed by atoms with Gasteiger partial charge in [-0.15, -0.1) is 10.2 Å². The van der Waals surface area contributed by atoms with Gasteiger partial charge in [0, 0.05) is 11.0 Å². The molecule has 0 saturated heterocycles. The average molecular weight is 539 g/mol. The van der Waals surface area contributed by atoms with Gasteiger partial charge >= 0.3 is 0 Å². The molecule has 1 atom stereocenters. The topological polar surface area (TPSA) is 129 Å². The van der Waals surface area contributed by atoms with Crippen molar-refractivity contribution < 1.29 is 22.4 Å². The summed E-state index contributed by atoms with van der Waals surface area (Å²) in [5.74, 6) is 0.571. The van der Waals surface area contributed by atoms with Gasteiger partial charge in [-0.05, 0) is 61.6 Å². The number of benzene rings is 2. The number of hydrogen-bond acceptors (Lipinski definition) is 8. The Balaban J connectivity index is 1.47. The summed E-state index contributed by atoms with van der Waals surface area (Å²) in [7, 11) is -3.80. The molecular weight excluding hydrogens is 504 g/mol. The SMILES string of the molecule is CC(C)(C)c1nnc(-c2ccc3c(c2)N(Cc2ccc(OC4CCCCC4)cc2)C(=O)[C@@H](N)CS3(=O)=O)o1. The quantitative estimate of drug-likeness (QED) is 0.506. The van der Waals surface area contributed by atoms with Gasteiger partial charge in [-0.3, -0.25) is 4.79 Å². The van der Waals surface area contributed by atoms with Crippen LogP contribution in [0.4, 0.5) is 5.69 Å². The minimum Gasteiger partial charge on any atom is -0.490 e. The number of anilines is 1. The molecule has 1 aromatic heterocycles. The Labute approximate surface area is 223 Å². The molecule has 1 fully saturated rings. The largest absolute Gasteiger partial charge is 0.490 e. The van der Waals surface area contributed by atoms with Crippen LogP contribution >= 0.6 is 0 Å². The summed E-state index contributed by atoms with van der Waals surface area (Å²) < 4.78 is 38.3. The second-order valence-electron chi connectivity index (χ2n) is 11.2. The van der Waals surface area contributed by atoms with Gasteiger partial charge in [0.15, 0.2) is 9.84 Å². The van der Waals surface area contributed by atoms with E-state index in [9.17, 15) is 13.2 Å². The van der Waals surface area contributed by atoms with E-state index in [0.29, 0.717) is 11.5 Å². The van der Waals surface area contributed by atoms with Gasteiger partial charge in [-0.25, -0.2) is 8.42 Å². The lowest BCUT2D eigenvalue weighted by Crippen LogP contribution is -2.45. The molecule has 1 aliphatic carbocycles. The number of nitrogens with two attached hydrogens (primary N) is 1. The summed E-state index contributed by atoms with van der Waals surface area (Å²) in [4.78, 5) is 14.9. The predicted octanol–water partition coefficient (Wildman–Crippen LogP) is 4.39. The highest BCUT2D eigenvalue weighted by molar-refractivity contribution is 7.91. The Morgan fingerprint density at radius 2 is 1.76 bits per heavy atom. The van der Waals surface area contributed by atoms with Gasteiger partial charge in [0.2, 0.25) is 17.7 Å². The van der Waals surface area contributed by atoms with Crippen LogP contribution in [0.1, 0.15) is 64.3 Å². The van der Waals surface area contributed by atoms with E-state index in [0.717, 1.165) is 24.2 Å². The molecule has 2 aromatic carbocycles. The second-order valence-corrected chi connectivity index (χ2v) is 13.2. The Morgan fingerprint density at radius 3 is 2.42 bits per heavy atom. The van der Waals surface area contributed by atoms with Crippen LogP contribution in [-0.2, 0) is 26.6 Å². The van der Waals surface area contributed by atoms with Crippen LogP contribution in [-0.4, -0.2) is 42.4 Å². The van der Waals surface area contributed by atoms with Gasteiger partial charge in [0.05, 0.1) is 35.0 Å². The van der Waals surface area contributed by atoms with Crippen molar-refractivity contribution in [2.75, 3.05) is 10.7 Å². The van der Waals surface area contributed by atoms with Gasteiger partial charge in [0.1, 0.15) is 5.75 Å². The zero-order chi connectivity index (χ0) is 27.1. The van der Waals surface area contributed by atoms with Crippen molar-refractivity contribution in [2.24, 2.45) is 5.73 Å². The lowest BCUT2D eigenvalue weighted by Gasteiger charge is -2.25. The van der Waals surface area contributed by atoms with E-state index in [2.05, 4.69) is 10.2 Å². The molecule has 2 N–H and O–H groups in total. The third-order valence-corrected chi connectivity index (χ3v) is 8.81. The second kappa shape index (κ2) is 10.1. The van der Waals surface area contributed by atoms with Crippen LogP contribution in [0.25, 0.3) is 11.5 Å². The molecule has 0 radical (unpaired) electrons.